The number of ether oxygens (including phenoxy) is 2. The van der Waals surface area contributed by atoms with E-state index in [9.17, 15) is 22.8 Å². The molecule has 1 aromatic heterocycles. The zero-order chi connectivity index (χ0) is 24.0. The van der Waals surface area contributed by atoms with Crippen LogP contribution in [-0.2, 0) is 17.5 Å². The molecular weight excluding hydrogens is 439 g/mol. The third-order valence-corrected chi connectivity index (χ3v) is 4.79. The lowest BCUT2D eigenvalue weighted by atomic mass is 10.1. The number of benzene rings is 2. The minimum Gasteiger partial charge on any atom is -0.493 e. The van der Waals surface area contributed by atoms with Crippen LogP contribution in [0.15, 0.2) is 59.4 Å². The number of halogens is 3. The van der Waals surface area contributed by atoms with Crippen molar-refractivity contribution in [1.29, 1.82) is 0 Å². The number of methoxy groups -OCH3 is 2. The van der Waals surface area contributed by atoms with Gasteiger partial charge in [0.15, 0.2) is 11.5 Å². The molecule has 10 heteroatoms. The average molecular weight is 461 g/mol. The van der Waals surface area contributed by atoms with Crippen LogP contribution in [0, 0.1) is 0 Å². The summed E-state index contributed by atoms with van der Waals surface area (Å²) in [6.07, 6.45) is -4.22. The number of nitrogens with one attached hydrogen (secondary N) is 1. The van der Waals surface area contributed by atoms with Crippen molar-refractivity contribution in [2.75, 3.05) is 19.5 Å². The normalized spacial score (nSPS) is 11.2. The molecule has 0 unspecified atom stereocenters. The molecule has 0 spiro atoms. The van der Waals surface area contributed by atoms with Gasteiger partial charge < -0.3 is 14.8 Å². The van der Waals surface area contributed by atoms with E-state index in [-0.39, 0.29) is 30.6 Å². The molecule has 0 saturated carbocycles. The monoisotopic (exact) mass is 461 g/mol. The van der Waals surface area contributed by atoms with Gasteiger partial charge >= 0.3 is 6.18 Å². The van der Waals surface area contributed by atoms with Crippen molar-refractivity contribution < 1.29 is 27.4 Å². The molecule has 1 amide bonds. The van der Waals surface area contributed by atoms with Crippen LogP contribution in [0.5, 0.6) is 11.5 Å². The van der Waals surface area contributed by atoms with Crippen molar-refractivity contribution in [2.24, 2.45) is 0 Å². The number of aromatic nitrogens is 2. The molecule has 3 aromatic rings. The van der Waals surface area contributed by atoms with Gasteiger partial charge in [-0.15, -0.1) is 0 Å². The predicted octanol–water partition coefficient (Wildman–Crippen LogP) is 4.37. The molecular formula is C23H22F3N3O4. The molecule has 174 valence electrons. The Labute approximate surface area is 187 Å². The Hall–Kier alpha value is -3.82. The molecule has 1 heterocycles. The van der Waals surface area contributed by atoms with E-state index < -0.39 is 17.6 Å². The summed E-state index contributed by atoms with van der Waals surface area (Å²) in [4.78, 5) is 24.3. The summed E-state index contributed by atoms with van der Waals surface area (Å²) in [6.45, 7) is 0.163. The molecule has 0 aliphatic heterocycles. The first-order valence-corrected chi connectivity index (χ1v) is 9.99. The van der Waals surface area contributed by atoms with Crippen LogP contribution in [-0.4, -0.2) is 29.9 Å². The molecule has 0 fully saturated rings. The van der Waals surface area contributed by atoms with Crippen molar-refractivity contribution in [1.82, 2.24) is 9.78 Å². The highest BCUT2D eigenvalue weighted by molar-refractivity contribution is 5.90. The number of carbonyl (C=O) groups is 1. The van der Waals surface area contributed by atoms with E-state index in [0.29, 0.717) is 22.8 Å². The third kappa shape index (κ3) is 6.12. The van der Waals surface area contributed by atoms with Gasteiger partial charge in [0.2, 0.25) is 5.91 Å². The van der Waals surface area contributed by atoms with Crippen molar-refractivity contribution in [3.05, 3.63) is 70.5 Å². The van der Waals surface area contributed by atoms with Gasteiger partial charge in [-0.3, -0.25) is 9.59 Å². The first kappa shape index (κ1) is 23.8. The number of hydrogen-bond acceptors (Lipinski definition) is 5. The van der Waals surface area contributed by atoms with Crippen LogP contribution < -0.4 is 20.3 Å². The maximum absolute atomic E-state index is 12.8. The second-order valence-electron chi connectivity index (χ2n) is 7.08. The van der Waals surface area contributed by atoms with Gasteiger partial charge in [0, 0.05) is 30.3 Å². The topological polar surface area (TPSA) is 82.5 Å². The summed E-state index contributed by atoms with van der Waals surface area (Å²) in [5.41, 5.74) is 0.119. The van der Waals surface area contributed by atoms with E-state index in [1.54, 1.807) is 24.3 Å². The number of hydrogen-bond donors (Lipinski definition) is 1. The second kappa shape index (κ2) is 10.2. The molecule has 0 aliphatic rings. The van der Waals surface area contributed by atoms with Crippen LogP contribution in [0.4, 0.5) is 18.9 Å². The van der Waals surface area contributed by atoms with Gasteiger partial charge in [0.05, 0.1) is 25.5 Å². The minimum atomic E-state index is -4.49. The van der Waals surface area contributed by atoms with Crippen LogP contribution in [0.1, 0.15) is 18.4 Å². The molecule has 2 aromatic carbocycles. The number of rotatable bonds is 8. The van der Waals surface area contributed by atoms with Gasteiger partial charge in [-0.05, 0) is 48.9 Å². The quantitative estimate of drug-likeness (QED) is 0.539. The fraction of sp³-hybridized carbons (Fsp3) is 0.261. The Morgan fingerprint density at radius 1 is 1.03 bits per heavy atom. The van der Waals surface area contributed by atoms with Crippen LogP contribution >= 0.6 is 0 Å². The highest BCUT2D eigenvalue weighted by Gasteiger charge is 2.30. The van der Waals surface area contributed by atoms with Crippen LogP contribution in [0.3, 0.4) is 0 Å². The van der Waals surface area contributed by atoms with Gasteiger partial charge in [-0.25, -0.2) is 4.68 Å². The Balaban J connectivity index is 1.64. The molecule has 0 saturated heterocycles. The lowest BCUT2D eigenvalue weighted by Crippen LogP contribution is -2.23. The maximum Gasteiger partial charge on any atom is 0.416 e. The van der Waals surface area contributed by atoms with Crippen molar-refractivity contribution in [3.8, 4) is 22.8 Å². The molecule has 1 N–H and O–H groups in total. The zero-order valence-corrected chi connectivity index (χ0v) is 18.0. The summed E-state index contributed by atoms with van der Waals surface area (Å²) in [7, 11) is 3.04. The Morgan fingerprint density at radius 2 is 1.79 bits per heavy atom. The first-order chi connectivity index (χ1) is 15.7. The van der Waals surface area contributed by atoms with Crippen LogP contribution in [0.25, 0.3) is 11.3 Å². The number of amides is 1. The van der Waals surface area contributed by atoms with E-state index >= 15 is 0 Å². The number of alkyl halides is 3. The number of aryl methyl sites for hydroxylation is 1. The molecule has 33 heavy (non-hydrogen) atoms. The van der Waals surface area contributed by atoms with E-state index in [4.69, 9.17) is 9.47 Å². The molecule has 0 aliphatic carbocycles. The lowest BCUT2D eigenvalue weighted by Gasteiger charge is -2.11. The molecule has 0 radical (unpaired) electrons. The smallest absolute Gasteiger partial charge is 0.416 e. The lowest BCUT2D eigenvalue weighted by molar-refractivity contribution is -0.137. The predicted molar refractivity (Wildman–Crippen MR) is 116 cm³/mol. The van der Waals surface area contributed by atoms with Crippen molar-refractivity contribution in [3.63, 3.8) is 0 Å². The second-order valence-corrected chi connectivity index (χ2v) is 7.08. The van der Waals surface area contributed by atoms with E-state index in [1.807, 2.05) is 0 Å². The zero-order valence-electron chi connectivity index (χ0n) is 18.0. The Kier molecular flexibility index (Phi) is 7.37. The number of carbonyl (C=O) groups excluding carboxylic acids is 1. The van der Waals surface area contributed by atoms with Gasteiger partial charge in [-0.1, -0.05) is 6.07 Å². The van der Waals surface area contributed by atoms with Crippen molar-refractivity contribution >= 4 is 11.6 Å². The molecule has 0 bridgehead atoms. The van der Waals surface area contributed by atoms with E-state index in [0.717, 1.165) is 12.1 Å². The molecule has 7 nitrogen and oxygen atoms in total. The fourth-order valence-corrected chi connectivity index (χ4v) is 3.14. The first-order valence-electron chi connectivity index (χ1n) is 9.99. The largest absolute Gasteiger partial charge is 0.493 e. The maximum atomic E-state index is 12.8. The summed E-state index contributed by atoms with van der Waals surface area (Å²) >= 11 is 0. The summed E-state index contributed by atoms with van der Waals surface area (Å²) < 4.78 is 50.2. The molecule has 0 atom stereocenters. The average Bonchev–Trinajstić information content (AvgIpc) is 2.79. The number of anilines is 1. The SMILES string of the molecule is COc1ccc(-c2ccc(=O)n(CCCC(=O)Nc3cccc(C(F)(F)F)c3)n2)cc1OC. The Morgan fingerprint density at radius 3 is 2.48 bits per heavy atom. The standard InChI is InChI=1S/C23H22F3N3O4/c1-32-19-10-8-15(13-20(19)33-2)18-9-11-22(31)29(28-18)12-4-7-21(30)27-17-6-3-5-16(14-17)23(24,25)26/h3,5-6,8-11,13-14H,4,7,12H2,1-2H3,(H,27,30). The van der Waals surface area contributed by atoms with E-state index in [2.05, 4.69) is 10.4 Å². The van der Waals surface area contributed by atoms with Crippen molar-refractivity contribution in [2.45, 2.75) is 25.6 Å². The summed E-state index contributed by atoms with van der Waals surface area (Å²) in [5, 5.41) is 6.79. The van der Waals surface area contributed by atoms with E-state index in [1.165, 1.54) is 37.1 Å². The minimum absolute atomic E-state index is 0.00491. The highest BCUT2D eigenvalue weighted by atomic mass is 19.4. The van der Waals surface area contributed by atoms with Gasteiger partial charge in [0.1, 0.15) is 0 Å². The summed E-state index contributed by atoms with van der Waals surface area (Å²) in [6, 6.07) is 12.6. The van der Waals surface area contributed by atoms with Gasteiger partial charge in [0.25, 0.3) is 5.56 Å². The fourth-order valence-electron chi connectivity index (χ4n) is 3.14. The van der Waals surface area contributed by atoms with Gasteiger partial charge in [-0.2, -0.15) is 18.3 Å². The highest BCUT2D eigenvalue weighted by Crippen LogP contribution is 2.32. The van der Waals surface area contributed by atoms with Crippen LogP contribution in [0.2, 0.25) is 0 Å². The third-order valence-electron chi connectivity index (χ3n) is 4.79. The Bertz CT molecular complexity index is 1190. The summed E-state index contributed by atoms with van der Waals surface area (Å²) in [5.74, 6) is 0.612. The number of nitrogens with zero attached hydrogens (tertiary/aromatic N) is 2. The molecule has 3 rings (SSSR count).